The molecule has 3 aromatic rings. The molecule has 0 bridgehead atoms. The molecular formula is C23H22N4O. The van der Waals surface area contributed by atoms with E-state index in [-0.39, 0.29) is 0 Å². The van der Waals surface area contributed by atoms with Gasteiger partial charge < -0.3 is 15.8 Å². The van der Waals surface area contributed by atoms with Gasteiger partial charge in [0, 0.05) is 11.8 Å². The SMILES string of the molecule is C=CCc1cc(C)c(Oc2ccc(N)c(Nc3ccc(C#N)cc3)n2)c(C)c1. The zero-order valence-electron chi connectivity index (χ0n) is 16.0. The van der Waals surface area contributed by atoms with Crippen molar-refractivity contribution in [3.05, 3.63) is 83.4 Å². The first-order valence-corrected chi connectivity index (χ1v) is 8.92. The molecule has 5 heteroatoms. The van der Waals surface area contributed by atoms with Gasteiger partial charge in [-0.05, 0) is 67.3 Å². The van der Waals surface area contributed by atoms with Crippen molar-refractivity contribution in [2.45, 2.75) is 20.3 Å². The van der Waals surface area contributed by atoms with Crippen LogP contribution in [0.4, 0.5) is 17.2 Å². The van der Waals surface area contributed by atoms with Gasteiger partial charge in [0.2, 0.25) is 5.88 Å². The molecule has 0 saturated carbocycles. The molecule has 28 heavy (non-hydrogen) atoms. The van der Waals surface area contributed by atoms with Gasteiger partial charge in [-0.2, -0.15) is 10.2 Å². The number of aryl methyl sites for hydroxylation is 2. The van der Waals surface area contributed by atoms with Crippen LogP contribution in [0, 0.1) is 25.2 Å². The quantitative estimate of drug-likeness (QED) is 0.566. The molecule has 3 N–H and O–H groups in total. The fourth-order valence-corrected chi connectivity index (χ4v) is 2.96. The molecule has 3 rings (SSSR count). The summed E-state index contributed by atoms with van der Waals surface area (Å²) in [6, 6.07) is 16.9. The molecule has 140 valence electrons. The molecule has 0 radical (unpaired) electrons. The largest absolute Gasteiger partial charge is 0.438 e. The van der Waals surface area contributed by atoms with Gasteiger partial charge in [-0.1, -0.05) is 18.2 Å². The standard InChI is InChI=1S/C23H22N4O/c1-4-5-18-12-15(2)22(16(3)13-18)28-21-11-10-20(25)23(27-21)26-19-8-6-17(14-24)7-9-19/h4,6-13H,1,5,25H2,2-3H3,(H,26,27). The lowest BCUT2D eigenvalue weighted by atomic mass is 10.0. The highest BCUT2D eigenvalue weighted by Crippen LogP contribution is 2.31. The van der Waals surface area contributed by atoms with E-state index in [0.717, 1.165) is 29.0 Å². The van der Waals surface area contributed by atoms with Crippen molar-refractivity contribution in [1.29, 1.82) is 5.26 Å². The van der Waals surface area contributed by atoms with E-state index >= 15 is 0 Å². The van der Waals surface area contributed by atoms with Gasteiger partial charge in [0.1, 0.15) is 5.75 Å². The van der Waals surface area contributed by atoms with Gasteiger partial charge in [0.15, 0.2) is 5.82 Å². The molecule has 0 spiro atoms. The predicted octanol–water partition coefficient (Wildman–Crippen LogP) is 5.42. The molecule has 1 aromatic heterocycles. The highest BCUT2D eigenvalue weighted by atomic mass is 16.5. The highest BCUT2D eigenvalue weighted by Gasteiger charge is 2.10. The maximum Gasteiger partial charge on any atom is 0.221 e. The van der Waals surface area contributed by atoms with E-state index in [1.807, 2.05) is 19.9 Å². The smallest absolute Gasteiger partial charge is 0.221 e. The third-order valence-corrected chi connectivity index (χ3v) is 4.28. The lowest BCUT2D eigenvalue weighted by molar-refractivity contribution is 0.457. The molecule has 0 fully saturated rings. The van der Waals surface area contributed by atoms with E-state index in [1.54, 1.807) is 36.4 Å². The molecule has 0 atom stereocenters. The maximum absolute atomic E-state index is 8.91. The van der Waals surface area contributed by atoms with Crippen molar-refractivity contribution in [3.8, 4) is 17.7 Å². The number of nitrogens with zero attached hydrogens (tertiary/aromatic N) is 2. The summed E-state index contributed by atoms with van der Waals surface area (Å²) in [6.45, 7) is 7.82. The lowest BCUT2D eigenvalue weighted by Crippen LogP contribution is -2.01. The van der Waals surface area contributed by atoms with Crippen LogP contribution in [-0.4, -0.2) is 4.98 Å². The number of nitrogens with one attached hydrogen (secondary N) is 1. The number of pyridine rings is 1. The van der Waals surface area contributed by atoms with E-state index < -0.39 is 0 Å². The Morgan fingerprint density at radius 2 is 1.82 bits per heavy atom. The second kappa shape index (κ2) is 8.28. The zero-order valence-corrected chi connectivity index (χ0v) is 16.0. The molecule has 0 saturated heterocycles. The molecule has 0 aliphatic carbocycles. The van der Waals surface area contributed by atoms with Crippen LogP contribution in [0.25, 0.3) is 0 Å². The molecule has 0 aliphatic rings. The van der Waals surface area contributed by atoms with Crippen molar-refractivity contribution < 1.29 is 4.74 Å². The summed E-state index contributed by atoms with van der Waals surface area (Å²) in [6.07, 6.45) is 2.71. The summed E-state index contributed by atoms with van der Waals surface area (Å²) in [7, 11) is 0. The number of aromatic nitrogens is 1. The van der Waals surface area contributed by atoms with Crippen LogP contribution < -0.4 is 15.8 Å². The Morgan fingerprint density at radius 3 is 2.43 bits per heavy atom. The van der Waals surface area contributed by atoms with E-state index in [2.05, 4.69) is 35.1 Å². The Bertz CT molecular complexity index is 1030. The van der Waals surface area contributed by atoms with Crippen molar-refractivity contribution in [2.75, 3.05) is 11.1 Å². The highest BCUT2D eigenvalue weighted by molar-refractivity contribution is 5.69. The minimum atomic E-state index is 0.452. The van der Waals surface area contributed by atoms with Crippen LogP contribution >= 0.6 is 0 Å². The van der Waals surface area contributed by atoms with Crippen molar-refractivity contribution >= 4 is 17.2 Å². The third-order valence-electron chi connectivity index (χ3n) is 4.28. The minimum absolute atomic E-state index is 0.452. The van der Waals surface area contributed by atoms with Crippen LogP contribution in [0.3, 0.4) is 0 Å². The summed E-state index contributed by atoms with van der Waals surface area (Å²) in [5.74, 6) is 1.74. The van der Waals surface area contributed by atoms with Crippen molar-refractivity contribution in [2.24, 2.45) is 0 Å². The van der Waals surface area contributed by atoms with Crippen LogP contribution in [0.2, 0.25) is 0 Å². The molecule has 0 amide bonds. The predicted molar refractivity (Wildman–Crippen MR) is 113 cm³/mol. The minimum Gasteiger partial charge on any atom is -0.438 e. The number of nitrogens with two attached hydrogens (primary N) is 1. The Hall–Kier alpha value is -3.78. The second-order valence-corrected chi connectivity index (χ2v) is 6.56. The third kappa shape index (κ3) is 4.30. The number of benzene rings is 2. The van der Waals surface area contributed by atoms with Gasteiger partial charge in [-0.25, -0.2) is 0 Å². The summed E-state index contributed by atoms with van der Waals surface area (Å²) in [4.78, 5) is 4.51. The zero-order chi connectivity index (χ0) is 20.1. The number of allylic oxidation sites excluding steroid dienone is 1. The number of ether oxygens (including phenoxy) is 1. The van der Waals surface area contributed by atoms with Crippen LogP contribution in [0.5, 0.6) is 11.6 Å². The van der Waals surface area contributed by atoms with E-state index in [1.165, 1.54) is 5.56 Å². The van der Waals surface area contributed by atoms with Gasteiger partial charge in [0.25, 0.3) is 0 Å². The first kappa shape index (κ1) is 19.0. The van der Waals surface area contributed by atoms with E-state index in [9.17, 15) is 0 Å². The van der Waals surface area contributed by atoms with Crippen molar-refractivity contribution in [3.63, 3.8) is 0 Å². The Kier molecular flexibility index (Phi) is 5.61. The summed E-state index contributed by atoms with van der Waals surface area (Å²) < 4.78 is 6.07. The van der Waals surface area contributed by atoms with E-state index in [0.29, 0.717) is 22.9 Å². The lowest BCUT2D eigenvalue weighted by Gasteiger charge is -2.15. The molecule has 5 nitrogen and oxygen atoms in total. The van der Waals surface area contributed by atoms with Gasteiger partial charge in [0.05, 0.1) is 17.3 Å². The van der Waals surface area contributed by atoms with Gasteiger partial charge in [-0.15, -0.1) is 6.58 Å². The topological polar surface area (TPSA) is 84.0 Å². The fraction of sp³-hybridized carbons (Fsp3) is 0.130. The normalized spacial score (nSPS) is 10.2. The second-order valence-electron chi connectivity index (χ2n) is 6.56. The molecule has 1 heterocycles. The van der Waals surface area contributed by atoms with Crippen LogP contribution in [-0.2, 0) is 6.42 Å². The Balaban J connectivity index is 1.85. The summed E-state index contributed by atoms with van der Waals surface area (Å²) >= 11 is 0. The summed E-state index contributed by atoms with van der Waals surface area (Å²) in [5.41, 5.74) is 11.2. The average Bonchev–Trinajstić information content (AvgIpc) is 2.68. The van der Waals surface area contributed by atoms with Crippen LogP contribution in [0.15, 0.2) is 61.2 Å². The first-order chi connectivity index (χ1) is 13.5. The molecular weight excluding hydrogens is 348 g/mol. The monoisotopic (exact) mass is 370 g/mol. The summed E-state index contributed by atoms with van der Waals surface area (Å²) in [5, 5.41) is 12.1. The number of anilines is 3. The maximum atomic E-state index is 8.91. The van der Waals surface area contributed by atoms with Gasteiger partial charge >= 0.3 is 0 Å². The Labute approximate surface area is 165 Å². The number of hydrogen-bond donors (Lipinski definition) is 2. The number of rotatable bonds is 6. The average molecular weight is 370 g/mol. The van der Waals surface area contributed by atoms with Crippen LogP contribution in [0.1, 0.15) is 22.3 Å². The number of nitrogen functional groups attached to an aromatic ring is 1. The number of nitriles is 1. The fourth-order valence-electron chi connectivity index (χ4n) is 2.96. The molecule has 0 unspecified atom stereocenters. The molecule has 0 aliphatic heterocycles. The number of hydrogen-bond acceptors (Lipinski definition) is 5. The van der Waals surface area contributed by atoms with Gasteiger partial charge in [-0.3, -0.25) is 0 Å². The van der Waals surface area contributed by atoms with E-state index in [4.69, 9.17) is 15.7 Å². The Morgan fingerprint density at radius 1 is 1.14 bits per heavy atom. The first-order valence-electron chi connectivity index (χ1n) is 8.92. The molecule has 2 aromatic carbocycles. The van der Waals surface area contributed by atoms with Crippen molar-refractivity contribution in [1.82, 2.24) is 4.98 Å².